The third kappa shape index (κ3) is 33.3. The zero-order valence-corrected chi connectivity index (χ0v) is 53.6. The lowest BCUT2D eigenvalue weighted by Gasteiger charge is -2.04. The van der Waals surface area contributed by atoms with Gasteiger partial charge in [0, 0.05) is 30.7 Å². The fraction of sp³-hybridized carbons (Fsp3) is 0.103. The summed E-state index contributed by atoms with van der Waals surface area (Å²) in [5.74, 6) is 21.9. The molecule has 0 aliphatic heterocycles. The molecule has 0 saturated heterocycles. The predicted molar refractivity (Wildman–Crippen MR) is 367 cm³/mol. The molecule has 4 heterocycles. The van der Waals surface area contributed by atoms with Crippen molar-refractivity contribution in [2.45, 2.75) is 0 Å². The number of benzene rings is 4. The van der Waals surface area contributed by atoms with Gasteiger partial charge in [-0.3, -0.25) is 0 Å². The molecule has 0 unspecified atom stereocenters. The molecule has 0 atom stereocenters. The first kappa shape index (κ1) is 82.7. The highest BCUT2D eigenvalue weighted by Crippen LogP contribution is 2.22. The van der Waals surface area contributed by atoms with Gasteiger partial charge in [0.25, 0.3) is 0 Å². The van der Waals surface area contributed by atoms with Gasteiger partial charge in [-0.2, -0.15) is 62.9 Å². The van der Waals surface area contributed by atoms with Crippen LogP contribution >= 0.6 is 0 Å². The number of ether oxygens (including phenoxy) is 8. The fourth-order valence-electron chi connectivity index (χ4n) is 6.27. The Labute approximate surface area is 590 Å². The monoisotopic (exact) mass is 1340 g/mol. The van der Waals surface area contributed by atoms with Crippen molar-refractivity contribution in [3.8, 4) is 212 Å². The van der Waals surface area contributed by atoms with E-state index in [1.807, 2.05) is 54.6 Å². The van der Waals surface area contributed by atoms with E-state index in [1.165, 1.54) is 42.9 Å². The van der Waals surface area contributed by atoms with Crippen molar-refractivity contribution >= 4 is 0 Å². The first-order valence-corrected chi connectivity index (χ1v) is 27.9. The van der Waals surface area contributed by atoms with Crippen molar-refractivity contribution in [3.05, 3.63) is 208 Å². The largest absolute Gasteiger partial charge is 0.481 e. The van der Waals surface area contributed by atoms with Gasteiger partial charge in [-0.25, -0.2) is 19.9 Å². The zero-order chi connectivity index (χ0) is 75.2. The van der Waals surface area contributed by atoms with Gasteiger partial charge in [-0.05, 0) is 84.9 Å². The average Bonchev–Trinajstić information content (AvgIpc) is 0.879. The normalized spacial score (nSPS) is 8.13. The highest BCUT2D eigenvalue weighted by atomic mass is 16.5. The van der Waals surface area contributed by atoms with Crippen LogP contribution in [-0.2, 0) is 0 Å². The van der Waals surface area contributed by atoms with Gasteiger partial charge >= 0.3 is 0 Å². The van der Waals surface area contributed by atoms with Crippen molar-refractivity contribution in [2.75, 3.05) is 52.9 Å². The molecule has 0 aliphatic carbocycles. The smallest absolute Gasteiger partial charge is 0.234 e. The van der Waals surface area contributed by atoms with Crippen LogP contribution in [0.2, 0.25) is 0 Å². The summed E-state index contributed by atoms with van der Waals surface area (Å²) < 4.78 is 40.4. The Morgan fingerprint density at radius 1 is 0.294 bits per heavy atom. The topological polar surface area (TPSA) is 400 Å². The fourth-order valence-corrected chi connectivity index (χ4v) is 6.27. The molecule has 4 aromatic carbocycles. The second kappa shape index (κ2) is 53.2. The highest BCUT2D eigenvalue weighted by Gasteiger charge is 2.09. The van der Waals surface area contributed by atoms with E-state index in [9.17, 15) is 0 Å². The van der Waals surface area contributed by atoms with Gasteiger partial charge in [0.05, 0.1) is 51.7 Å². The van der Waals surface area contributed by atoms with Crippen molar-refractivity contribution in [1.82, 2.24) is 24.9 Å². The molecule has 24 heteroatoms. The molecule has 0 N–H and O–H groups in total. The molecule has 0 radical (unpaired) electrons. The second-order valence-corrected chi connectivity index (χ2v) is 17.1. The molecule has 0 saturated carbocycles. The maximum atomic E-state index is 8.80. The summed E-state index contributed by atoms with van der Waals surface area (Å²) in [7, 11) is 0. The third-order valence-corrected chi connectivity index (χ3v) is 10.5. The second-order valence-electron chi connectivity index (χ2n) is 17.1. The molecule has 102 heavy (non-hydrogen) atoms. The van der Waals surface area contributed by atoms with Gasteiger partial charge in [-0.15, -0.1) is 51.4 Å². The lowest BCUT2D eigenvalue weighted by Crippen LogP contribution is -2.00. The summed E-state index contributed by atoms with van der Waals surface area (Å²) in [6.07, 6.45) is 45.8. The minimum absolute atomic E-state index is 0.0273. The van der Waals surface area contributed by atoms with Gasteiger partial charge in [-0.1, -0.05) is 71.6 Å². The molecule has 8 rings (SSSR count). The number of rotatable bonds is 16. The Hall–Kier alpha value is -17.3. The van der Waals surface area contributed by atoms with Crippen LogP contribution in [0.25, 0.3) is 0 Å². The van der Waals surface area contributed by atoms with E-state index in [1.54, 1.807) is 115 Å². The van der Waals surface area contributed by atoms with Gasteiger partial charge in [0.15, 0.2) is 31.2 Å². The van der Waals surface area contributed by atoms with E-state index < -0.39 is 0 Å². The highest BCUT2D eigenvalue weighted by molar-refractivity contribution is 5.54. The van der Waals surface area contributed by atoms with Crippen LogP contribution < -0.4 is 37.9 Å². The standard InChI is InChI=1S/2C11H6N2O.2C10H7NO.C9H4N4O.3C9H6N2O/c1-2-6-14-11-5-3-4-9(7-12)10(11)8-13;1-2-5-14-11-4-3-9(7-12)10(6-11)8-13;1-2-7-12-10-6-4-3-5-9(10)8-11;1-2-6-12-10-5-3-4-9(7-10)8-11;1-2-3-14-9-6-12-7(4-10)8(5-11)13-9;1-2-6-12-9-8(7-10)4-3-5-11-9;1-2-5-12-9-3-4-11-8(6-9)7-10;1-2-5-12-9-6-8(7-10)3-4-11-9/h1,3-5H,6H2;1,3-4,6H,5H2;1,3-6H,7H2;1,3-5,7H,6H2;1,6H,3H2;1,3-5H,6H2;2*1,3-4,6H,5H2. The number of nitrogens with zero attached hydrogens (tertiary/aromatic N) is 16. The van der Waals surface area contributed by atoms with Crippen LogP contribution in [0.1, 0.15) is 61.6 Å². The molecule has 0 spiro atoms. The maximum Gasteiger partial charge on any atom is 0.234 e. The Bertz CT molecular complexity index is 4630. The van der Waals surface area contributed by atoms with E-state index in [2.05, 4.69) is 72.3 Å². The number of pyridine rings is 3. The van der Waals surface area contributed by atoms with Crippen molar-refractivity contribution in [1.29, 1.82) is 57.9 Å². The summed E-state index contributed by atoms with van der Waals surface area (Å²) in [6.45, 7) is 1.21. The summed E-state index contributed by atoms with van der Waals surface area (Å²) in [6, 6.07) is 53.9. The van der Waals surface area contributed by atoms with Crippen LogP contribution in [0, 0.1) is 223 Å². The van der Waals surface area contributed by atoms with E-state index in [0.717, 1.165) is 0 Å². The molecule has 24 nitrogen and oxygen atoms in total. The maximum absolute atomic E-state index is 8.80. The van der Waals surface area contributed by atoms with Crippen LogP contribution in [0.15, 0.2) is 146 Å². The lowest BCUT2D eigenvalue weighted by molar-refractivity contribution is 0.353. The molecule has 0 aliphatic rings. The number of aromatic nitrogens is 5. The minimum atomic E-state index is -0.0676. The molecular formula is C78H48N16O8. The quantitative estimate of drug-likeness (QED) is 0.0813. The Morgan fingerprint density at radius 3 is 1.35 bits per heavy atom. The van der Waals surface area contributed by atoms with Crippen molar-refractivity contribution in [3.63, 3.8) is 0 Å². The molecule has 8 aromatic rings. The van der Waals surface area contributed by atoms with E-state index >= 15 is 0 Å². The Kier molecular flexibility index (Phi) is 43.1. The van der Waals surface area contributed by atoms with Gasteiger partial charge in [0.1, 0.15) is 133 Å². The van der Waals surface area contributed by atoms with Crippen LogP contribution in [0.4, 0.5) is 0 Å². The third-order valence-electron chi connectivity index (χ3n) is 10.5. The molecule has 0 bridgehead atoms. The van der Waals surface area contributed by atoms with Crippen molar-refractivity contribution in [2.24, 2.45) is 0 Å². The summed E-state index contributed by atoms with van der Waals surface area (Å²) >= 11 is 0. The lowest BCUT2D eigenvalue weighted by atomic mass is 10.1. The van der Waals surface area contributed by atoms with Crippen LogP contribution in [0.5, 0.6) is 46.4 Å². The first-order chi connectivity index (χ1) is 49.8. The zero-order valence-electron chi connectivity index (χ0n) is 53.6. The summed E-state index contributed by atoms with van der Waals surface area (Å²) in [5.41, 5.74) is 3.36. The predicted octanol–water partition coefficient (Wildman–Crippen LogP) is 9.15. The SMILES string of the molecule is C#CCOc1cc(C#N)ccn1.C#CCOc1ccc(C#N)c(C#N)c1.C#CCOc1cccc(C#N)c1.C#CCOc1cccc(C#N)c1C#N.C#CCOc1ccccc1C#N.C#CCOc1ccnc(C#N)c1.C#CCOc1cnc(C#N)c(C#N)n1.C#CCOc1ncccc1C#N. The van der Waals surface area contributed by atoms with Gasteiger partial charge in [0.2, 0.25) is 17.6 Å². The molecular weight excluding hydrogens is 1290 g/mol. The first-order valence-electron chi connectivity index (χ1n) is 27.9. The molecule has 0 fully saturated rings. The minimum Gasteiger partial charge on any atom is -0.481 e. The van der Waals surface area contributed by atoms with E-state index in [-0.39, 0.29) is 81.6 Å². The van der Waals surface area contributed by atoms with Crippen molar-refractivity contribution < 1.29 is 37.9 Å². The Morgan fingerprint density at radius 2 is 0.784 bits per heavy atom. The number of hydrogen-bond donors (Lipinski definition) is 0. The summed E-state index contributed by atoms with van der Waals surface area (Å²) in [4.78, 5) is 18.9. The number of para-hydroxylation sites is 1. The average molecular weight is 1340 g/mol. The molecule has 0 amide bonds. The van der Waals surface area contributed by atoms with Gasteiger partial charge < -0.3 is 37.9 Å². The van der Waals surface area contributed by atoms with E-state index in [0.29, 0.717) is 79.3 Å². The number of terminal acetylenes is 8. The summed E-state index contributed by atoms with van der Waals surface area (Å²) in [5, 5.41) is 94.8. The molecule has 488 valence electrons. The van der Waals surface area contributed by atoms with Crippen LogP contribution in [0.3, 0.4) is 0 Å². The molecule has 4 aromatic heterocycles. The number of hydrogen-bond acceptors (Lipinski definition) is 24. The number of nitriles is 11. The van der Waals surface area contributed by atoms with E-state index in [4.69, 9.17) is 147 Å². The van der Waals surface area contributed by atoms with Crippen LogP contribution in [-0.4, -0.2) is 77.8 Å². The Balaban J connectivity index is 0.000000583.